The zero-order chi connectivity index (χ0) is 19.1. The van der Waals surface area contributed by atoms with E-state index in [9.17, 15) is 9.90 Å². The third-order valence-electron chi connectivity index (χ3n) is 4.04. The summed E-state index contributed by atoms with van der Waals surface area (Å²) in [5.41, 5.74) is 3.24. The molecule has 0 spiro atoms. The second-order valence-corrected chi connectivity index (χ2v) is 7.85. The molecule has 0 aliphatic carbocycles. The normalized spacial score (nSPS) is 12.2. The van der Waals surface area contributed by atoms with Crippen molar-refractivity contribution in [1.82, 2.24) is 5.32 Å². The molecule has 2 aromatic rings. The minimum absolute atomic E-state index is 0.308. The first-order valence-corrected chi connectivity index (χ1v) is 9.57. The molecule has 26 heavy (non-hydrogen) atoms. The van der Waals surface area contributed by atoms with Crippen molar-refractivity contribution in [3.63, 3.8) is 0 Å². The minimum Gasteiger partial charge on any atom is -0.489 e. The van der Waals surface area contributed by atoms with Crippen LogP contribution in [0.15, 0.2) is 46.9 Å². The van der Waals surface area contributed by atoms with Crippen LogP contribution in [0.2, 0.25) is 0 Å². The van der Waals surface area contributed by atoms with Crippen molar-refractivity contribution < 1.29 is 14.6 Å². The van der Waals surface area contributed by atoms with Crippen LogP contribution in [-0.2, 0) is 17.9 Å². The van der Waals surface area contributed by atoms with Gasteiger partial charge in [-0.3, -0.25) is 4.79 Å². The van der Waals surface area contributed by atoms with Gasteiger partial charge in [-0.25, -0.2) is 0 Å². The van der Waals surface area contributed by atoms with E-state index in [1.165, 1.54) is 5.56 Å². The van der Waals surface area contributed by atoms with Gasteiger partial charge in [-0.1, -0.05) is 59.6 Å². The number of carbonyl (C=O) groups is 1. The molecule has 0 aromatic heterocycles. The lowest BCUT2D eigenvalue weighted by Gasteiger charge is -2.18. The molecule has 0 heterocycles. The van der Waals surface area contributed by atoms with Crippen molar-refractivity contribution in [1.29, 1.82) is 0 Å². The van der Waals surface area contributed by atoms with Crippen LogP contribution in [0.4, 0.5) is 0 Å². The Morgan fingerprint density at radius 1 is 1.23 bits per heavy atom. The van der Waals surface area contributed by atoms with E-state index in [-0.39, 0.29) is 0 Å². The molecule has 0 fully saturated rings. The molecule has 5 heteroatoms. The number of rotatable bonds is 9. The lowest BCUT2D eigenvalue weighted by atomic mass is 10.0. The van der Waals surface area contributed by atoms with E-state index >= 15 is 0 Å². The highest BCUT2D eigenvalue weighted by atomic mass is 79.9. The molecular weight excluding hydrogens is 394 g/mol. The van der Waals surface area contributed by atoms with Gasteiger partial charge >= 0.3 is 5.97 Å². The largest absolute Gasteiger partial charge is 0.489 e. The average molecular weight is 420 g/mol. The van der Waals surface area contributed by atoms with Gasteiger partial charge in [0.05, 0.1) is 0 Å². The summed E-state index contributed by atoms with van der Waals surface area (Å²) in [6, 6.07) is 13.4. The fourth-order valence-electron chi connectivity index (χ4n) is 2.77. The molecule has 2 aromatic carbocycles. The van der Waals surface area contributed by atoms with Crippen LogP contribution in [0.25, 0.3) is 0 Å². The highest BCUT2D eigenvalue weighted by Gasteiger charge is 2.19. The van der Waals surface area contributed by atoms with Crippen LogP contribution >= 0.6 is 15.9 Å². The van der Waals surface area contributed by atoms with Gasteiger partial charge in [0.25, 0.3) is 0 Å². The summed E-state index contributed by atoms with van der Waals surface area (Å²) in [5.74, 6) is 0.245. The highest BCUT2D eigenvalue weighted by molar-refractivity contribution is 9.10. The molecule has 0 aliphatic rings. The Bertz CT molecular complexity index is 746. The first-order valence-electron chi connectivity index (χ1n) is 8.78. The maximum atomic E-state index is 11.4. The predicted molar refractivity (Wildman–Crippen MR) is 107 cm³/mol. The smallest absolute Gasteiger partial charge is 0.320 e. The van der Waals surface area contributed by atoms with Gasteiger partial charge in [0.1, 0.15) is 18.4 Å². The Labute approximate surface area is 163 Å². The van der Waals surface area contributed by atoms with Gasteiger partial charge in [0.15, 0.2) is 0 Å². The molecule has 0 aliphatic heterocycles. The molecule has 0 radical (unpaired) electrons. The number of benzene rings is 2. The van der Waals surface area contributed by atoms with E-state index in [1.54, 1.807) is 0 Å². The van der Waals surface area contributed by atoms with Gasteiger partial charge in [0.2, 0.25) is 0 Å². The van der Waals surface area contributed by atoms with E-state index in [4.69, 9.17) is 4.74 Å². The molecular formula is C21H26BrNO3. The summed E-state index contributed by atoms with van der Waals surface area (Å²) in [4.78, 5) is 11.4. The van der Waals surface area contributed by atoms with E-state index in [0.29, 0.717) is 25.5 Å². The fraction of sp³-hybridized carbons (Fsp3) is 0.381. The number of ether oxygens (including phenoxy) is 1. The van der Waals surface area contributed by atoms with Gasteiger partial charge < -0.3 is 15.2 Å². The number of carboxylic acid groups (broad SMARTS) is 1. The van der Waals surface area contributed by atoms with Crippen molar-refractivity contribution in [3.05, 3.63) is 63.6 Å². The molecule has 0 saturated heterocycles. The second kappa shape index (κ2) is 9.74. The van der Waals surface area contributed by atoms with Crippen LogP contribution in [0.1, 0.15) is 37.0 Å². The monoisotopic (exact) mass is 419 g/mol. The number of hydrogen-bond donors (Lipinski definition) is 2. The van der Waals surface area contributed by atoms with Crippen LogP contribution in [0.3, 0.4) is 0 Å². The van der Waals surface area contributed by atoms with Crippen molar-refractivity contribution in [2.24, 2.45) is 5.92 Å². The van der Waals surface area contributed by atoms with Crippen LogP contribution in [0, 0.1) is 12.8 Å². The first-order chi connectivity index (χ1) is 12.3. The lowest BCUT2D eigenvalue weighted by molar-refractivity contribution is -0.140. The highest BCUT2D eigenvalue weighted by Crippen LogP contribution is 2.24. The maximum absolute atomic E-state index is 11.4. The zero-order valence-corrected chi connectivity index (χ0v) is 17.0. The van der Waals surface area contributed by atoms with Gasteiger partial charge in [-0.2, -0.15) is 0 Å². The van der Waals surface area contributed by atoms with Gasteiger partial charge in [-0.15, -0.1) is 0 Å². The lowest BCUT2D eigenvalue weighted by Crippen LogP contribution is -2.37. The third-order valence-corrected chi connectivity index (χ3v) is 4.54. The Hall–Kier alpha value is -1.85. The van der Waals surface area contributed by atoms with Gasteiger partial charge in [-0.05, 0) is 43.0 Å². The summed E-state index contributed by atoms with van der Waals surface area (Å²) in [6.07, 6.45) is 0.586. The van der Waals surface area contributed by atoms with Crippen LogP contribution in [-0.4, -0.2) is 17.1 Å². The Morgan fingerprint density at radius 3 is 2.65 bits per heavy atom. The molecule has 0 amide bonds. The number of carboxylic acids is 1. The van der Waals surface area contributed by atoms with Crippen LogP contribution in [0.5, 0.6) is 5.75 Å². The maximum Gasteiger partial charge on any atom is 0.320 e. The number of aryl methyl sites for hydroxylation is 1. The average Bonchev–Trinajstić information content (AvgIpc) is 2.57. The Kier molecular flexibility index (Phi) is 7.66. The Balaban J connectivity index is 2.07. The molecule has 1 atom stereocenters. The molecule has 0 saturated carbocycles. The number of nitrogens with one attached hydrogen (secondary N) is 1. The number of hydrogen-bond acceptors (Lipinski definition) is 3. The van der Waals surface area contributed by atoms with Gasteiger partial charge in [0, 0.05) is 16.6 Å². The molecule has 2 rings (SSSR count). The number of halogens is 1. The zero-order valence-electron chi connectivity index (χ0n) is 15.5. The summed E-state index contributed by atoms with van der Waals surface area (Å²) in [7, 11) is 0. The quantitative estimate of drug-likeness (QED) is 0.604. The molecule has 0 bridgehead atoms. The van der Waals surface area contributed by atoms with Crippen molar-refractivity contribution >= 4 is 21.9 Å². The van der Waals surface area contributed by atoms with Crippen molar-refractivity contribution in [2.45, 2.75) is 46.4 Å². The van der Waals surface area contributed by atoms with Crippen molar-refractivity contribution in [2.75, 3.05) is 0 Å². The first kappa shape index (κ1) is 20.5. The fourth-order valence-corrected chi connectivity index (χ4v) is 3.17. The predicted octanol–water partition coefficient (Wildman–Crippen LogP) is 4.93. The summed E-state index contributed by atoms with van der Waals surface area (Å²) in [6.45, 7) is 7.01. The van der Waals surface area contributed by atoms with E-state index in [0.717, 1.165) is 21.3 Å². The summed E-state index contributed by atoms with van der Waals surface area (Å²) < 4.78 is 6.94. The standard InChI is InChI=1S/C21H26BrNO3/c1-14(2)9-19(21(24)25)23-12-17-11-18(22)7-8-20(17)26-13-16-6-4-5-15(3)10-16/h4-8,10-11,14,19,23H,9,12-13H2,1-3H3,(H,24,25). The van der Waals surface area contributed by atoms with E-state index in [1.807, 2.05) is 44.2 Å². The SMILES string of the molecule is Cc1cccc(COc2ccc(Br)cc2CNC(CC(C)C)C(=O)O)c1. The number of aliphatic carboxylic acids is 1. The minimum atomic E-state index is -0.823. The second-order valence-electron chi connectivity index (χ2n) is 6.93. The Morgan fingerprint density at radius 2 is 2.00 bits per heavy atom. The van der Waals surface area contributed by atoms with Crippen LogP contribution < -0.4 is 10.1 Å². The van der Waals surface area contributed by atoms with E-state index < -0.39 is 12.0 Å². The van der Waals surface area contributed by atoms with E-state index in [2.05, 4.69) is 40.3 Å². The molecule has 140 valence electrons. The summed E-state index contributed by atoms with van der Waals surface area (Å²) in [5, 5.41) is 12.5. The topological polar surface area (TPSA) is 58.6 Å². The molecule has 1 unspecified atom stereocenters. The molecule has 2 N–H and O–H groups in total. The molecule has 4 nitrogen and oxygen atoms in total. The third kappa shape index (κ3) is 6.46. The van der Waals surface area contributed by atoms with Crippen molar-refractivity contribution in [3.8, 4) is 5.75 Å². The summed E-state index contributed by atoms with van der Waals surface area (Å²) >= 11 is 3.48.